The molecular formula is C15H25N. The average molecular weight is 219 g/mol. The van der Waals surface area contributed by atoms with Crippen molar-refractivity contribution in [2.24, 2.45) is 11.8 Å². The first-order valence-electron chi connectivity index (χ1n) is 6.47. The number of anilines is 1. The van der Waals surface area contributed by atoms with Gasteiger partial charge in [0.1, 0.15) is 0 Å². The van der Waals surface area contributed by atoms with Crippen LogP contribution in [0.4, 0.5) is 5.69 Å². The lowest BCUT2D eigenvalue weighted by molar-refractivity contribution is 0.470. The number of hydrogen-bond donors (Lipinski definition) is 1. The van der Waals surface area contributed by atoms with Crippen LogP contribution in [0, 0.1) is 11.8 Å². The van der Waals surface area contributed by atoms with Gasteiger partial charge in [-0.3, -0.25) is 0 Å². The number of benzene rings is 1. The Morgan fingerprint density at radius 2 is 1.69 bits per heavy atom. The second kappa shape index (κ2) is 7.32. The van der Waals surface area contributed by atoms with Gasteiger partial charge >= 0.3 is 0 Å². The van der Waals surface area contributed by atoms with E-state index in [1.165, 1.54) is 24.9 Å². The van der Waals surface area contributed by atoms with Gasteiger partial charge in [-0.05, 0) is 30.4 Å². The first kappa shape index (κ1) is 13.1. The quantitative estimate of drug-likeness (QED) is 0.709. The van der Waals surface area contributed by atoms with Crippen LogP contribution in [0.1, 0.15) is 40.0 Å². The highest BCUT2D eigenvalue weighted by atomic mass is 14.9. The summed E-state index contributed by atoms with van der Waals surface area (Å²) in [5, 5.41) is 3.48. The fourth-order valence-electron chi connectivity index (χ4n) is 1.82. The van der Waals surface area contributed by atoms with Crippen LogP contribution < -0.4 is 5.32 Å². The Morgan fingerprint density at radius 3 is 2.31 bits per heavy atom. The molecule has 90 valence electrons. The zero-order valence-electron chi connectivity index (χ0n) is 10.9. The minimum Gasteiger partial charge on any atom is -0.385 e. The van der Waals surface area contributed by atoms with Crippen molar-refractivity contribution in [3.63, 3.8) is 0 Å². The molecule has 1 N–H and O–H groups in total. The summed E-state index contributed by atoms with van der Waals surface area (Å²) in [7, 11) is 0. The van der Waals surface area contributed by atoms with Gasteiger partial charge in [0.05, 0.1) is 0 Å². The average Bonchev–Trinajstić information content (AvgIpc) is 2.27. The molecule has 0 bridgehead atoms. The van der Waals surface area contributed by atoms with E-state index in [0.717, 1.165) is 18.4 Å². The highest BCUT2D eigenvalue weighted by Gasteiger charge is 2.02. The summed E-state index contributed by atoms with van der Waals surface area (Å²) < 4.78 is 0. The van der Waals surface area contributed by atoms with Crippen LogP contribution in [-0.2, 0) is 0 Å². The van der Waals surface area contributed by atoms with E-state index < -0.39 is 0 Å². The van der Waals surface area contributed by atoms with Gasteiger partial charge in [-0.15, -0.1) is 0 Å². The molecule has 0 radical (unpaired) electrons. The van der Waals surface area contributed by atoms with Gasteiger partial charge in [0.2, 0.25) is 0 Å². The molecule has 0 saturated heterocycles. The molecule has 1 aromatic carbocycles. The Balaban J connectivity index is 2.13. The zero-order valence-corrected chi connectivity index (χ0v) is 10.9. The third-order valence-electron chi connectivity index (χ3n) is 2.91. The number of nitrogens with one attached hydrogen (secondary N) is 1. The number of para-hydroxylation sites is 1. The van der Waals surface area contributed by atoms with Gasteiger partial charge in [0.15, 0.2) is 0 Å². The van der Waals surface area contributed by atoms with Crippen LogP contribution in [0.25, 0.3) is 0 Å². The standard InChI is InChI=1S/C15H25N/c1-13(2)8-7-9-14(3)12-16-15-10-5-4-6-11-15/h4-6,10-11,13-14,16H,7-9,12H2,1-3H3. The van der Waals surface area contributed by atoms with Crippen LogP contribution in [0.2, 0.25) is 0 Å². The van der Waals surface area contributed by atoms with Crippen LogP contribution >= 0.6 is 0 Å². The molecule has 1 unspecified atom stereocenters. The largest absolute Gasteiger partial charge is 0.385 e. The summed E-state index contributed by atoms with van der Waals surface area (Å²) in [6, 6.07) is 10.5. The van der Waals surface area contributed by atoms with Crippen molar-refractivity contribution in [1.82, 2.24) is 0 Å². The van der Waals surface area contributed by atoms with Crippen molar-refractivity contribution in [1.29, 1.82) is 0 Å². The van der Waals surface area contributed by atoms with Gasteiger partial charge in [-0.25, -0.2) is 0 Å². The second-order valence-corrected chi connectivity index (χ2v) is 5.18. The minimum atomic E-state index is 0.763. The predicted molar refractivity (Wildman–Crippen MR) is 72.8 cm³/mol. The summed E-state index contributed by atoms with van der Waals surface area (Å²) in [5.41, 5.74) is 1.23. The zero-order chi connectivity index (χ0) is 11.8. The van der Waals surface area contributed by atoms with Gasteiger partial charge in [0.25, 0.3) is 0 Å². The van der Waals surface area contributed by atoms with Crippen molar-refractivity contribution in [3.05, 3.63) is 30.3 Å². The van der Waals surface area contributed by atoms with Crippen molar-refractivity contribution in [3.8, 4) is 0 Å². The predicted octanol–water partition coefficient (Wildman–Crippen LogP) is 4.56. The van der Waals surface area contributed by atoms with Gasteiger partial charge in [-0.1, -0.05) is 51.8 Å². The molecule has 0 aliphatic carbocycles. The van der Waals surface area contributed by atoms with Crippen LogP contribution in [0.5, 0.6) is 0 Å². The molecule has 0 saturated carbocycles. The lowest BCUT2D eigenvalue weighted by atomic mass is 9.99. The van der Waals surface area contributed by atoms with Gasteiger partial charge < -0.3 is 5.32 Å². The van der Waals surface area contributed by atoms with E-state index in [-0.39, 0.29) is 0 Å². The Bertz CT molecular complexity index is 266. The molecule has 1 atom stereocenters. The highest BCUT2D eigenvalue weighted by Crippen LogP contribution is 2.13. The van der Waals surface area contributed by atoms with Crippen molar-refractivity contribution >= 4 is 5.69 Å². The maximum absolute atomic E-state index is 3.48. The fourth-order valence-corrected chi connectivity index (χ4v) is 1.82. The summed E-state index contributed by atoms with van der Waals surface area (Å²) >= 11 is 0. The molecule has 1 heteroatoms. The lowest BCUT2D eigenvalue weighted by Crippen LogP contribution is -2.11. The van der Waals surface area contributed by atoms with Gasteiger partial charge in [0, 0.05) is 12.2 Å². The topological polar surface area (TPSA) is 12.0 Å². The summed E-state index contributed by atoms with van der Waals surface area (Å²) in [6.45, 7) is 8.01. The van der Waals surface area contributed by atoms with Crippen LogP contribution in [0.3, 0.4) is 0 Å². The minimum absolute atomic E-state index is 0.763. The number of hydrogen-bond acceptors (Lipinski definition) is 1. The smallest absolute Gasteiger partial charge is 0.0340 e. The molecule has 0 spiro atoms. The molecule has 0 fully saturated rings. The fraction of sp³-hybridized carbons (Fsp3) is 0.600. The van der Waals surface area contributed by atoms with E-state index in [1.54, 1.807) is 0 Å². The first-order valence-corrected chi connectivity index (χ1v) is 6.47. The monoisotopic (exact) mass is 219 g/mol. The van der Waals surface area contributed by atoms with Crippen LogP contribution in [0.15, 0.2) is 30.3 Å². The molecule has 0 aromatic heterocycles. The Labute approximate surface area is 100 Å². The van der Waals surface area contributed by atoms with E-state index in [0.29, 0.717) is 0 Å². The molecule has 1 aromatic rings. The van der Waals surface area contributed by atoms with E-state index >= 15 is 0 Å². The third-order valence-corrected chi connectivity index (χ3v) is 2.91. The lowest BCUT2D eigenvalue weighted by Gasteiger charge is -2.14. The van der Waals surface area contributed by atoms with Crippen LogP contribution in [-0.4, -0.2) is 6.54 Å². The third kappa shape index (κ3) is 5.79. The van der Waals surface area contributed by atoms with E-state index in [2.05, 4.69) is 56.4 Å². The van der Waals surface area contributed by atoms with Crippen molar-refractivity contribution in [2.75, 3.05) is 11.9 Å². The maximum atomic E-state index is 3.48. The summed E-state index contributed by atoms with van der Waals surface area (Å²) in [4.78, 5) is 0. The molecule has 1 nitrogen and oxygen atoms in total. The molecule has 1 rings (SSSR count). The molecule has 16 heavy (non-hydrogen) atoms. The Kier molecular flexibility index (Phi) is 5.99. The van der Waals surface area contributed by atoms with E-state index in [1.807, 2.05) is 0 Å². The molecule has 0 amide bonds. The molecular weight excluding hydrogens is 194 g/mol. The second-order valence-electron chi connectivity index (χ2n) is 5.18. The normalized spacial score (nSPS) is 12.8. The van der Waals surface area contributed by atoms with E-state index in [9.17, 15) is 0 Å². The number of rotatable bonds is 7. The summed E-state index contributed by atoms with van der Waals surface area (Å²) in [5.74, 6) is 1.60. The van der Waals surface area contributed by atoms with Crippen molar-refractivity contribution < 1.29 is 0 Å². The molecule has 0 heterocycles. The molecule has 0 aliphatic heterocycles. The molecule has 0 aliphatic rings. The Hall–Kier alpha value is -0.980. The van der Waals surface area contributed by atoms with Gasteiger partial charge in [-0.2, -0.15) is 0 Å². The maximum Gasteiger partial charge on any atom is 0.0340 e. The SMILES string of the molecule is CC(C)CCCC(C)CNc1ccccc1. The van der Waals surface area contributed by atoms with Crippen molar-refractivity contribution in [2.45, 2.75) is 40.0 Å². The summed E-state index contributed by atoms with van der Waals surface area (Å²) in [6.07, 6.45) is 4.04. The highest BCUT2D eigenvalue weighted by molar-refractivity contribution is 5.42. The first-order chi connectivity index (χ1) is 7.68. The van der Waals surface area contributed by atoms with E-state index in [4.69, 9.17) is 0 Å². The Morgan fingerprint density at radius 1 is 1.00 bits per heavy atom.